The third kappa shape index (κ3) is 2.33. The minimum atomic E-state index is -1.10. The van der Waals surface area contributed by atoms with Gasteiger partial charge < -0.3 is 19.9 Å². The van der Waals surface area contributed by atoms with Crippen molar-refractivity contribution >= 4 is 27.8 Å². The number of nitrogens with one attached hydrogen (secondary N) is 1. The van der Waals surface area contributed by atoms with Gasteiger partial charge in [-0.3, -0.25) is 9.59 Å². The van der Waals surface area contributed by atoms with Crippen LogP contribution in [0.3, 0.4) is 0 Å². The summed E-state index contributed by atoms with van der Waals surface area (Å²) in [6.45, 7) is -0.326. The molecule has 90 valence electrons. The summed E-state index contributed by atoms with van der Waals surface area (Å²) in [7, 11) is 0. The molecule has 2 N–H and O–H groups in total. The van der Waals surface area contributed by atoms with Gasteiger partial charge in [0.25, 0.3) is 5.91 Å². The number of hydrogen-bond donors (Lipinski definition) is 2. The molecule has 0 unspecified atom stereocenters. The van der Waals surface area contributed by atoms with Crippen molar-refractivity contribution in [3.8, 4) is 11.5 Å². The summed E-state index contributed by atoms with van der Waals surface area (Å²) in [5.74, 6) is -0.590. The van der Waals surface area contributed by atoms with Gasteiger partial charge >= 0.3 is 5.97 Å². The first kappa shape index (κ1) is 11.7. The Morgan fingerprint density at radius 3 is 2.88 bits per heavy atom. The molecule has 17 heavy (non-hydrogen) atoms. The number of carboxylic acid groups (broad SMARTS) is 1. The second-order valence-corrected chi connectivity index (χ2v) is 4.03. The fraction of sp³-hybridized carbons (Fsp3) is 0.200. The predicted molar refractivity (Wildman–Crippen MR) is 60.2 cm³/mol. The Kier molecular flexibility index (Phi) is 3.19. The van der Waals surface area contributed by atoms with Crippen molar-refractivity contribution in [3.63, 3.8) is 0 Å². The molecule has 1 amide bonds. The van der Waals surface area contributed by atoms with E-state index in [0.29, 0.717) is 21.5 Å². The maximum absolute atomic E-state index is 11.7. The molecule has 6 nitrogen and oxygen atoms in total. The van der Waals surface area contributed by atoms with E-state index in [1.165, 1.54) is 6.07 Å². The average molecular weight is 302 g/mol. The highest BCUT2D eigenvalue weighted by molar-refractivity contribution is 9.10. The van der Waals surface area contributed by atoms with E-state index in [-0.39, 0.29) is 6.79 Å². The van der Waals surface area contributed by atoms with Gasteiger partial charge in [0.15, 0.2) is 11.5 Å². The number of fused-ring (bicyclic) bond motifs is 1. The van der Waals surface area contributed by atoms with E-state index in [9.17, 15) is 9.59 Å². The minimum absolute atomic E-state index is 0.105. The van der Waals surface area contributed by atoms with Crippen LogP contribution in [0.1, 0.15) is 10.4 Å². The Balaban J connectivity index is 2.22. The fourth-order valence-corrected chi connectivity index (χ4v) is 1.99. The van der Waals surface area contributed by atoms with Crippen LogP contribution in [0.4, 0.5) is 0 Å². The Bertz CT molecular complexity index is 488. The van der Waals surface area contributed by atoms with Crippen LogP contribution in [0.5, 0.6) is 11.5 Å². The monoisotopic (exact) mass is 301 g/mol. The van der Waals surface area contributed by atoms with Crippen molar-refractivity contribution < 1.29 is 24.2 Å². The van der Waals surface area contributed by atoms with E-state index in [1.54, 1.807) is 6.07 Å². The van der Waals surface area contributed by atoms with Crippen molar-refractivity contribution in [3.05, 3.63) is 22.2 Å². The molecule has 0 fully saturated rings. The van der Waals surface area contributed by atoms with Gasteiger partial charge in [-0.25, -0.2) is 0 Å². The first-order valence-corrected chi connectivity index (χ1v) is 5.47. The first-order valence-electron chi connectivity index (χ1n) is 4.67. The Labute approximate surface area is 105 Å². The van der Waals surface area contributed by atoms with Crippen LogP contribution in [-0.4, -0.2) is 30.3 Å². The largest absolute Gasteiger partial charge is 0.480 e. The lowest BCUT2D eigenvalue weighted by molar-refractivity contribution is -0.135. The molecule has 2 rings (SSSR count). The molecule has 0 aliphatic carbocycles. The maximum atomic E-state index is 11.7. The molecule has 0 saturated heterocycles. The number of rotatable bonds is 3. The predicted octanol–water partition coefficient (Wildman–Crippen LogP) is 0.992. The summed E-state index contributed by atoms with van der Waals surface area (Å²) in [5.41, 5.74) is 0.301. The van der Waals surface area contributed by atoms with Gasteiger partial charge in [0.2, 0.25) is 6.79 Å². The summed E-state index contributed by atoms with van der Waals surface area (Å²) in [4.78, 5) is 22.0. The van der Waals surface area contributed by atoms with Crippen LogP contribution in [0.25, 0.3) is 0 Å². The third-order valence-corrected chi connectivity index (χ3v) is 2.91. The quantitative estimate of drug-likeness (QED) is 0.870. The van der Waals surface area contributed by atoms with Crippen LogP contribution in [0.15, 0.2) is 16.6 Å². The number of aliphatic carboxylic acids is 1. The van der Waals surface area contributed by atoms with Gasteiger partial charge in [0, 0.05) is 0 Å². The summed E-state index contributed by atoms with van der Waals surface area (Å²) in [6.07, 6.45) is 0. The number of carbonyl (C=O) groups excluding carboxylic acids is 1. The summed E-state index contributed by atoms with van der Waals surface area (Å²) in [6, 6.07) is 3.14. The van der Waals surface area contributed by atoms with Gasteiger partial charge in [-0.2, -0.15) is 0 Å². The van der Waals surface area contributed by atoms with E-state index in [1.807, 2.05) is 0 Å². The normalized spacial score (nSPS) is 12.3. The van der Waals surface area contributed by atoms with Gasteiger partial charge in [-0.1, -0.05) is 0 Å². The average Bonchev–Trinajstić information content (AvgIpc) is 2.75. The maximum Gasteiger partial charge on any atom is 0.322 e. The summed E-state index contributed by atoms with van der Waals surface area (Å²) >= 11 is 3.23. The van der Waals surface area contributed by atoms with Gasteiger partial charge in [0.05, 0.1) is 10.0 Å². The molecule has 0 aromatic heterocycles. The summed E-state index contributed by atoms with van der Waals surface area (Å²) < 4.78 is 10.8. The van der Waals surface area contributed by atoms with Crippen LogP contribution >= 0.6 is 15.9 Å². The highest BCUT2D eigenvalue weighted by Crippen LogP contribution is 2.40. The molecule has 1 aromatic carbocycles. The minimum Gasteiger partial charge on any atom is -0.480 e. The number of hydrogen-bond acceptors (Lipinski definition) is 4. The van der Waals surface area contributed by atoms with E-state index in [4.69, 9.17) is 14.6 Å². The number of benzene rings is 1. The molecule has 0 radical (unpaired) electrons. The molecular formula is C10H8BrNO5. The smallest absolute Gasteiger partial charge is 0.322 e. The van der Waals surface area contributed by atoms with Crippen LogP contribution in [-0.2, 0) is 4.79 Å². The number of carboxylic acids is 1. The second kappa shape index (κ2) is 4.62. The third-order valence-electron chi connectivity index (χ3n) is 2.12. The topological polar surface area (TPSA) is 84.9 Å². The lowest BCUT2D eigenvalue weighted by Gasteiger charge is -2.06. The zero-order valence-electron chi connectivity index (χ0n) is 8.53. The Hall–Kier alpha value is -1.76. The number of carbonyl (C=O) groups is 2. The van der Waals surface area contributed by atoms with E-state index >= 15 is 0 Å². The van der Waals surface area contributed by atoms with Crippen LogP contribution in [0.2, 0.25) is 0 Å². The van der Waals surface area contributed by atoms with Crippen molar-refractivity contribution in [1.29, 1.82) is 0 Å². The van der Waals surface area contributed by atoms with Gasteiger partial charge in [-0.05, 0) is 28.1 Å². The lowest BCUT2D eigenvalue weighted by atomic mass is 10.2. The first-order chi connectivity index (χ1) is 8.09. The van der Waals surface area contributed by atoms with Crippen molar-refractivity contribution in [1.82, 2.24) is 5.32 Å². The van der Waals surface area contributed by atoms with Crippen molar-refractivity contribution in [2.75, 3.05) is 13.3 Å². The molecule has 0 spiro atoms. The zero-order valence-corrected chi connectivity index (χ0v) is 10.1. The molecule has 0 atom stereocenters. The molecule has 7 heteroatoms. The van der Waals surface area contributed by atoms with Crippen molar-refractivity contribution in [2.24, 2.45) is 0 Å². The number of amides is 1. The van der Waals surface area contributed by atoms with Gasteiger partial charge in [-0.15, -0.1) is 0 Å². The SMILES string of the molecule is O=C(O)CNC(=O)c1ccc2c(c1Br)OCO2. The fourth-order valence-electron chi connectivity index (χ4n) is 1.36. The highest BCUT2D eigenvalue weighted by atomic mass is 79.9. The molecule has 1 aliphatic heterocycles. The Morgan fingerprint density at radius 2 is 2.18 bits per heavy atom. The van der Waals surface area contributed by atoms with E-state index in [0.717, 1.165) is 0 Å². The Morgan fingerprint density at radius 1 is 1.41 bits per heavy atom. The van der Waals surface area contributed by atoms with Crippen LogP contribution in [0, 0.1) is 0 Å². The summed E-state index contributed by atoms with van der Waals surface area (Å²) in [5, 5.41) is 10.7. The standard InChI is InChI=1S/C10H8BrNO5/c11-8-5(10(15)12-3-7(13)14)1-2-6-9(8)17-4-16-6/h1-2H,3-4H2,(H,12,15)(H,13,14). The zero-order chi connectivity index (χ0) is 12.4. The van der Waals surface area contributed by atoms with Gasteiger partial charge in [0.1, 0.15) is 6.54 Å². The second-order valence-electron chi connectivity index (χ2n) is 3.24. The van der Waals surface area contributed by atoms with Crippen LogP contribution < -0.4 is 14.8 Å². The molecule has 1 aromatic rings. The van der Waals surface area contributed by atoms with Crippen molar-refractivity contribution in [2.45, 2.75) is 0 Å². The highest BCUT2D eigenvalue weighted by Gasteiger charge is 2.22. The van der Waals surface area contributed by atoms with E-state index < -0.39 is 18.4 Å². The van der Waals surface area contributed by atoms with E-state index in [2.05, 4.69) is 21.2 Å². The molecule has 1 aliphatic rings. The number of ether oxygens (including phenoxy) is 2. The molecule has 0 saturated carbocycles. The lowest BCUT2D eigenvalue weighted by Crippen LogP contribution is -2.29. The molecule has 0 bridgehead atoms. The molecular weight excluding hydrogens is 294 g/mol. The number of halogens is 1. The molecule has 1 heterocycles.